The van der Waals surface area contributed by atoms with E-state index in [-0.39, 0.29) is 11.5 Å². The van der Waals surface area contributed by atoms with Gasteiger partial charge in [0.25, 0.3) is 5.69 Å². The first kappa shape index (κ1) is 24.9. The van der Waals surface area contributed by atoms with Crippen molar-refractivity contribution >= 4 is 40.1 Å². The van der Waals surface area contributed by atoms with Gasteiger partial charge in [-0.05, 0) is 54.2 Å². The van der Waals surface area contributed by atoms with E-state index in [1.54, 1.807) is 6.92 Å². The van der Waals surface area contributed by atoms with Crippen LogP contribution in [0.4, 0.5) is 11.4 Å². The molecule has 3 aromatic rings. The van der Waals surface area contributed by atoms with Crippen molar-refractivity contribution in [3.63, 3.8) is 0 Å². The van der Waals surface area contributed by atoms with Crippen molar-refractivity contribution in [1.29, 1.82) is 0 Å². The summed E-state index contributed by atoms with van der Waals surface area (Å²) in [7, 11) is 0. The SMILES string of the molecule is CCC[C@@]12C(=O)[C@@](C)(C(c3ccccc3)=C1c1ccccc1)[C@H]1C(=O)N(c3ccc([N+](=O)[O-])cc3C)C(=O)[C@H]12. The second kappa shape index (κ2) is 8.56. The fourth-order valence-corrected chi connectivity index (χ4v) is 7.60. The molecule has 2 amide bonds. The molecule has 2 fully saturated rings. The molecule has 39 heavy (non-hydrogen) atoms. The number of nitro benzene ring substituents is 1. The van der Waals surface area contributed by atoms with E-state index < -0.39 is 39.4 Å². The zero-order chi connectivity index (χ0) is 27.7. The van der Waals surface area contributed by atoms with Gasteiger partial charge in [-0.25, -0.2) is 4.90 Å². The van der Waals surface area contributed by atoms with Crippen molar-refractivity contribution in [2.24, 2.45) is 22.7 Å². The van der Waals surface area contributed by atoms with Crippen LogP contribution >= 0.6 is 0 Å². The number of non-ortho nitro benzene ring substituents is 1. The third kappa shape index (κ3) is 3.07. The number of benzene rings is 3. The molecule has 3 aromatic carbocycles. The normalized spacial score (nSPS) is 27.5. The van der Waals surface area contributed by atoms with Crippen molar-refractivity contribution in [2.75, 3.05) is 4.90 Å². The Labute approximate surface area is 226 Å². The Hall–Kier alpha value is -4.39. The number of Topliss-reactive ketones (excluding diaryl/α,β-unsaturated/α-hetero) is 1. The number of hydrogen-bond donors (Lipinski definition) is 0. The van der Waals surface area contributed by atoms with Crippen molar-refractivity contribution < 1.29 is 19.3 Å². The van der Waals surface area contributed by atoms with Crippen LogP contribution in [0.3, 0.4) is 0 Å². The minimum absolute atomic E-state index is 0.0636. The van der Waals surface area contributed by atoms with Gasteiger partial charge in [0, 0.05) is 12.1 Å². The van der Waals surface area contributed by atoms with E-state index in [0.717, 1.165) is 22.3 Å². The number of fused-ring (bicyclic) bond motifs is 5. The number of hydrogen-bond acceptors (Lipinski definition) is 5. The maximum Gasteiger partial charge on any atom is 0.269 e. The van der Waals surface area contributed by atoms with Gasteiger partial charge in [-0.3, -0.25) is 24.5 Å². The second-order valence-electron chi connectivity index (χ2n) is 10.9. The van der Waals surface area contributed by atoms with E-state index in [2.05, 4.69) is 0 Å². The van der Waals surface area contributed by atoms with Crippen LogP contribution in [0, 0.1) is 39.7 Å². The molecule has 4 atom stereocenters. The minimum atomic E-state index is -1.21. The van der Waals surface area contributed by atoms with E-state index >= 15 is 0 Å². The maximum atomic E-state index is 14.7. The molecule has 0 radical (unpaired) electrons. The number of allylic oxidation sites excluding steroid dienone is 2. The summed E-state index contributed by atoms with van der Waals surface area (Å²) in [6.07, 6.45) is 1.09. The number of nitrogens with zero attached hydrogens (tertiary/aromatic N) is 2. The zero-order valence-corrected chi connectivity index (χ0v) is 22.0. The molecule has 3 aliphatic rings. The average Bonchev–Trinajstić information content (AvgIpc) is 3.39. The molecule has 1 saturated heterocycles. The van der Waals surface area contributed by atoms with Gasteiger partial charge in [-0.2, -0.15) is 0 Å². The molecule has 0 unspecified atom stereocenters. The summed E-state index contributed by atoms with van der Waals surface area (Å²) in [4.78, 5) is 55.3. The predicted octanol–water partition coefficient (Wildman–Crippen LogP) is 6.01. The van der Waals surface area contributed by atoms with Crippen LogP contribution < -0.4 is 4.90 Å². The van der Waals surface area contributed by atoms with Gasteiger partial charge < -0.3 is 0 Å². The fourth-order valence-electron chi connectivity index (χ4n) is 7.60. The Balaban J connectivity index is 1.62. The van der Waals surface area contributed by atoms with Gasteiger partial charge in [0.1, 0.15) is 0 Å². The van der Waals surface area contributed by atoms with Crippen LogP contribution in [0.15, 0.2) is 78.9 Å². The van der Waals surface area contributed by atoms with Crippen molar-refractivity contribution in [2.45, 2.75) is 33.6 Å². The minimum Gasteiger partial charge on any atom is -0.298 e. The highest BCUT2D eigenvalue weighted by molar-refractivity contribution is 6.34. The third-order valence-electron chi connectivity index (χ3n) is 8.95. The van der Waals surface area contributed by atoms with Crippen LogP contribution in [-0.4, -0.2) is 22.5 Å². The molecule has 196 valence electrons. The highest BCUT2D eigenvalue weighted by atomic mass is 16.6. The number of rotatable bonds is 6. The lowest BCUT2D eigenvalue weighted by molar-refractivity contribution is -0.384. The van der Waals surface area contributed by atoms with Gasteiger partial charge in [0.15, 0.2) is 5.78 Å². The fraction of sp³-hybridized carbons (Fsp3) is 0.281. The standard InChI is InChI=1S/C32H28N2O5/c1-4-17-32-25(21-13-9-6-10-14-21)24(20-11-7-5-8-12-20)31(3,30(32)37)26-27(32)29(36)33(28(26)35)23-16-15-22(34(38)39)18-19(23)2/h5-16,18,26-27H,4,17H2,1-3H3/t26-,27+,31+,32-/m1/s1. The summed E-state index contributed by atoms with van der Waals surface area (Å²) in [5.74, 6) is -2.60. The summed E-state index contributed by atoms with van der Waals surface area (Å²) in [6.45, 7) is 5.48. The highest BCUT2D eigenvalue weighted by Gasteiger charge is 2.80. The van der Waals surface area contributed by atoms with Gasteiger partial charge in [0.2, 0.25) is 11.8 Å². The van der Waals surface area contributed by atoms with Crippen LogP contribution in [-0.2, 0) is 14.4 Å². The number of nitro groups is 1. The predicted molar refractivity (Wildman–Crippen MR) is 147 cm³/mol. The second-order valence-corrected chi connectivity index (χ2v) is 10.9. The molecule has 2 bridgehead atoms. The Bertz CT molecular complexity index is 1600. The van der Waals surface area contributed by atoms with Crippen molar-refractivity contribution in [3.8, 4) is 0 Å². The van der Waals surface area contributed by atoms with E-state index in [9.17, 15) is 24.5 Å². The van der Waals surface area contributed by atoms with Crippen LogP contribution in [0.25, 0.3) is 11.1 Å². The Morgan fingerprint density at radius 1 is 0.846 bits per heavy atom. The lowest BCUT2D eigenvalue weighted by atomic mass is 9.61. The van der Waals surface area contributed by atoms with Crippen LogP contribution in [0.2, 0.25) is 0 Å². The quantitative estimate of drug-likeness (QED) is 0.225. The maximum absolute atomic E-state index is 14.7. The van der Waals surface area contributed by atoms with Crippen molar-refractivity contribution in [3.05, 3.63) is 106 Å². The lowest BCUT2D eigenvalue weighted by Gasteiger charge is -2.37. The molecule has 7 nitrogen and oxygen atoms in total. The summed E-state index contributed by atoms with van der Waals surface area (Å²) in [5.41, 5.74) is 1.72. The first-order valence-corrected chi connectivity index (χ1v) is 13.2. The van der Waals surface area contributed by atoms with E-state index in [1.807, 2.05) is 74.5 Å². The molecule has 1 saturated carbocycles. The molecular formula is C32H28N2O5. The number of carbonyl (C=O) groups is 3. The molecule has 7 heteroatoms. The number of carbonyl (C=O) groups excluding carboxylic acids is 3. The highest BCUT2D eigenvalue weighted by Crippen LogP contribution is 2.75. The molecule has 0 N–H and O–H groups in total. The average molecular weight is 521 g/mol. The molecule has 0 aromatic heterocycles. The first-order chi connectivity index (χ1) is 18.7. The Morgan fingerprint density at radius 2 is 1.41 bits per heavy atom. The van der Waals surface area contributed by atoms with Crippen LogP contribution in [0.5, 0.6) is 0 Å². The summed E-state index contributed by atoms with van der Waals surface area (Å²) < 4.78 is 0. The molecule has 0 spiro atoms. The molecule has 2 aliphatic carbocycles. The van der Waals surface area contributed by atoms with Crippen molar-refractivity contribution in [1.82, 2.24) is 0 Å². The first-order valence-electron chi connectivity index (χ1n) is 13.2. The molecule has 1 heterocycles. The smallest absolute Gasteiger partial charge is 0.269 e. The van der Waals surface area contributed by atoms with Crippen LogP contribution in [0.1, 0.15) is 43.4 Å². The summed E-state index contributed by atoms with van der Waals surface area (Å²) in [5, 5.41) is 11.3. The molecule has 1 aliphatic heterocycles. The number of imide groups is 1. The molecular weight excluding hydrogens is 492 g/mol. The monoisotopic (exact) mass is 520 g/mol. The third-order valence-corrected chi connectivity index (χ3v) is 8.95. The number of aryl methyl sites for hydroxylation is 1. The van der Waals surface area contributed by atoms with Gasteiger partial charge in [0.05, 0.1) is 33.3 Å². The van der Waals surface area contributed by atoms with Gasteiger partial charge in [-0.15, -0.1) is 0 Å². The van der Waals surface area contributed by atoms with E-state index in [4.69, 9.17) is 0 Å². The molecule has 6 rings (SSSR count). The van der Waals surface area contributed by atoms with E-state index in [1.165, 1.54) is 23.1 Å². The largest absolute Gasteiger partial charge is 0.298 e. The topological polar surface area (TPSA) is 97.6 Å². The van der Waals surface area contributed by atoms with E-state index in [0.29, 0.717) is 24.1 Å². The van der Waals surface area contributed by atoms with Gasteiger partial charge >= 0.3 is 0 Å². The van der Waals surface area contributed by atoms with Gasteiger partial charge in [-0.1, -0.05) is 74.0 Å². The summed E-state index contributed by atoms with van der Waals surface area (Å²) >= 11 is 0. The number of ketones is 1. The number of anilines is 1. The Kier molecular flexibility index (Phi) is 5.47. The summed E-state index contributed by atoms with van der Waals surface area (Å²) in [6, 6.07) is 23.5. The Morgan fingerprint density at radius 3 is 1.95 bits per heavy atom. The number of amides is 2. The lowest BCUT2D eigenvalue weighted by Crippen LogP contribution is -2.41. The zero-order valence-electron chi connectivity index (χ0n) is 22.0.